The van der Waals surface area contributed by atoms with Gasteiger partial charge in [0.05, 0.1) is 7.05 Å². The first-order valence-corrected chi connectivity index (χ1v) is 16.8. The second-order valence-electron chi connectivity index (χ2n) is 10.7. The van der Waals surface area contributed by atoms with Crippen LogP contribution in [-0.4, -0.2) is 111 Å². The molecule has 5 N–H and O–H groups in total. The van der Waals surface area contributed by atoms with Crippen molar-refractivity contribution < 1.29 is 43.3 Å². The summed E-state index contributed by atoms with van der Waals surface area (Å²) in [6.07, 6.45) is 3.83. The van der Waals surface area contributed by atoms with Gasteiger partial charge in [-0.3, -0.25) is 33.8 Å². The molecule has 2 saturated heterocycles. The molecule has 18 heteroatoms. The monoisotopic (exact) mass is 697 g/mol. The number of urea groups is 1. The maximum absolute atomic E-state index is 13.9. The van der Waals surface area contributed by atoms with Crippen LogP contribution in [0, 0.1) is 0 Å². The highest BCUT2D eigenvalue weighted by Crippen LogP contribution is 2.46. The van der Waals surface area contributed by atoms with Gasteiger partial charge in [-0.25, -0.2) is 9.59 Å². The molecule has 4 heterocycles. The summed E-state index contributed by atoms with van der Waals surface area (Å²) in [5, 5.41) is 16.6. The Morgan fingerprint density at radius 3 is 2.44 bits per heavy atom. The average Bonchev–Trinajstić information content (AvgIpc) is 3.10. The first-order valence-electron chi connectivity index (χ1n) is 14.8. The minimum atomic E-state index is -2.04. The second kappa shape index (κ2) is 14.3. The smallest absolute Gasteiger partial charge is 0.352 e. The number of pyridine rings is 1. The lowest BCUT2D eigenvalue weighted by Crippen LogP contribution is -2.85. The highest BCUT2D eigenvalue weighted by atomic mass is 32.2. The molecule has 16 nitrogen and oxygen atoms in total. The number of fused-ring (bicyclic) bond motifs is 1. The molecular weight excluding hydrogens is 665 g/mol. The normalized spacial score (nSPS) is 21.2. The average molecular weight is 698 g/mol. The number of carbonyl (C=O) groups excluding carboxylic acids is 6. The molecular formula is C30H33N8O8S2+. The second-order valence-corrected chi connectivity index (χ2v) is 12.9. The van der Waals surface area contributed by atoms with E-state index >= 15 is 0 Å². The molecule has 2 aromatic rings. The number of aliphatic carboxylic acids is 1. The number of rotatable bonds is 12. The van der Waals surface area contributed by atoms with Crippen LogP contribution < -0.4 is 26.1 Å². The van der Waals surface area contributed by atoms with Gasteiger partial charge in [0.2, 0.25) is 30.4 Å². The van der Waals surface area contributed by atoms with E-state index in [2.05, 4.69) is 21.4 Å². The van der Waals surface area contributed by atoms with E-state index in [9.17, 15) is 38.7 Å². The Morgan fingerprint density at radius 2 is 1.81 bits per heavy atom. The molecule has 0 saturated carbocycles. The highest BCUT2D eigenvalue weighted by molar-refractivity contribution is 8.01. The molecule has 48 heavy (non-hydrogen) atoms. The standard InChI is InChI=1S/C30H32N8O8S2/c1-3-35-13-14-37(25(42)24(35)41)29(46)33-21(18-7-5-4-6-8-18)23(40)34-30(32-17-39)27(45)38-22(26(43)44)19(16-48-28(30)38)15-47-20-9-11-36(31-2)12-10-20/h4-12,17,21,28,31H,3,13-16H2,1-2H3,(H3-,32,33,34,39,40,43,44,46)/p+1/t21?,28-,30-/m1/s1. The molecule has 5 rings (SSSR count). The molecule has 1 aromatic heterocycles. The van der Waals surface area contributed by atoms with Crippen molar-refractivity contribution in [3.63, 3.8) is 0 Å². The van der Waals surface area contributed by atoms with Crippen molar-refractivity contribution in [1.29, 1.82) is 0 Å². The molecule has 3 aliphatic heterocycles. The summed E-state index contributed by atoms with van der Waals surface area (Å²) >= 11 is 2.55. The van der Waals surface area contributed by atoms with Crippen LogP contribution in [0.2, 0.25) is 0 Å². The van der Waals surface area contributed by atoms with Gasteiger partial charge >= 0.3 is 23.8 Å². The maximum atomic E-state index is 13.9. The number of piperazine rings is 1. The van der Waals surface area contributed by atoms with Gasteiger partial charge in [0.1, 0.15) is 17.1 Å². The predicted octanol–water partition coefficient (Wildman–Crippen LogP) is -0.807. The summed E-state index contributed by atoms with van der Waals surface area (Å²) in [6.45, 7) is 2.01. The van der Waals surface area contributed by atoms with E-state index < -0.39 is 52.7 Å². The van der Waals surface area contributed by atoms with Crippen molar-refractivity contribution in [3.05, 3.63) is 71.7 Å². The minimum absolute atomic E-state index is 0.0959. The summed E-state index contributed by atoms with van der Waals surface area (Å²) in [5.74, 6) is -4.60. The predicted molar refractivity (Wildman–Crippen MR) is 172 cm³/mol. The SMILES string of the molecule is CCN1CCN(C(=O)NC(C(=O)N[C@]2(NC=O)C(=O)N3C(C(=O)O)=C(CSc4cc[n+](NC)cc4)CS[C@@H]32)c2ccccc2)C(=O)C1=O. The number of likely N-dealkylation sites (N-methyl/N-ethyl adjacent to an activating group) is 1. The Balaban J connectivity index is 1.37. The lowest BCUT2D eigenvalue weighted by atomic mass is 9.94. The van der Waals surface area contributed by atoms with Gasteiger partial charge in [-0.15, -0.1) is 23.5 Å². The summed E-state index contributed by atoms with van der Waals surface area (Å²) in [4.78, 5) is 94.3. The molecule has 2 fully saturated rings. The minimum Gasteiger partial charge on any atom is -0.477 e. The number of hydrogen-bond donors (Lipinski definition) is 5. The number of nitrogens with zero attached hydrogens (tertiary/aromatic N) is 4. The fraction of sp³-hybridized carbons (Fsp3) is 0.333. The van der Waals surface area contributed by atoms with E-state index in [0.717, 1.165) is 21.6 Å². The molecule has 3 atom stereocenters. The van der Waals surface area contributed by atoms with Gasteiger partial charge in [0.15, 0.2) is 0 Å². The largest absolute Gasteiger partial charge is 0.477 e. The Labute approximate surface area is 283 Å². The lowest BCUT2D eigenvalue weighted by Gasteiger charge is -2.56. The Kier molecular flexibility index (Phi) is 10.2. The van der Waals surface area contributed by atoms with Gasteiger partial charge < -0.3 is 26.0 Å². The third-order valence-electron chi connectivity index (χ3n) is 8.03. The third kappa shape index (κ3) is 6.40. The first kappa shape index (κ1) is 34.2. The van der Waals surface area contributed by atoms with Crippen LogP contribution in [0.15, 0.2) is 71.0 Å². The molecule has 3 aliphatic rings. The number of thioether (sulfide) groups is 2. The third-order valence-corrected chi connectivity index (χ3v) is 10.5. The molecule has 1 unspecified atom stereocenters. The number of benzene rings is 1. The van der Waals surface area contributed by atoms with Crippen molar-refractivity contribution in [2.45, 2.75) is 28.9 Å². The van der Waals surface area contributed by atoms with E-state index in [1.807, 2.05) is 12.1 Å². The van der Waals surface area contributed by atoms with Crippen molar-refractivity contribution >= 4 is 65.6 Å². The van der Waals surface area contributed by atoms with Crippen LogP contribution in [0.5, 0.6) is 0 Å². The Hall–Kier alpha value is -5.10. The lowest BCUT2D eigenvalue weighted by molar-refractivity contribution is -0.647. The van der Waals surface area contributed by atoms with Crippen LogP contribution in [0.4, 0.5) is 4.79 Å². The van der Waals surface area contributed by atoms with Crippen molar-refractivity contribution in [1.82, 2.24) is 30.7 Å². The number of β-lactam (4-membered cyclic amide) rings is 1. The van der Waals surface area contributed by atoms with E-state index in [-0.39, 0.29) is 48.8 Å². The van der Waals surface area contributed by atoms with Crippen LogP contribution in [0.25, 0.3) is 0 Å². The number of carboxylic acids is 1. The topological polar surface area (TPSA) is 201 Å². The zero-order valence-electron chi connectivity index (χ0n) is 25.9. The van der Waals surface area contributed by atoms with E-state index in [4.69, 9.17) is 0 Å². The number of hydrogen-bond acceptors (Lipinski definition) is 10. The van der Waals surface area contributed by atoms with Crippen LogP contribution in [-0.2, 0) is 28.8 Å². The number of nitrogens with one attached hydrogen (secondary N) is 4. The van der Waals surface area contributed by atoms with E-state index in [1.54, 1.807) is 49.2 Å². The summed E-state index contributed by atoms with van der Waals surface area (Å²) in [5.41, 5.74) is 1.43. The molecule has 0 spiro atoms. The number of carbonyl (C=O) groups is 7. The quantitative estimate of drug-likeness (QED) is 0.0464. The Morgan fingerprint density at radius 1 is 1.10 bits per heavy atom. The van der Waals surface area contributed by atoms with Crippen LogP contribution in [0.1, 0.15) is 18.5 Å². The fourth-order valence-electron chi connectivity index (χ4n) is 5.52. The zero-order chi connectivity index (χ0) is 34.6. The van der Waals surface area contributed by atoms with Crippen molar-refractivity contribution in [2.75, 3.05) is 43.6 Å². The zero-order valence-corrected chi connectivity index (χ0v) is 27.5. The molecule has 252 valence electrons. The van der Waals surface area contributed by atoms with Crippen molar-refractivity contribution in [2.24, 2.45) is 0 Å². The van der Waals surface area contributed by atoms with Gasteiger partial charge in [-0.1, -0.05) is 35.0 Å². The fourth-order valence-corrected chi connectivity index (χ4v) is 7.97. The molecule has 0 radical (unpaired) electrons. The number of carboxylic acid groups (broad SMARTS) is 1. The summed E-state index contributed by atoms with van der Waals surface area (Å²) < 4.78 is 1.74. The first-order chi connectivity index (χ1) is 23.1. The van der Waals surface area contributed by atoms with Crippen LogP contribution in [0.3, 0.4) is 0 Å². The van der Waals surface area contributed by atoms with Gasteiger partial charge in [-0.2, -0.15) is 5.43 Å². The summed E-state index contributed by atoms with van der Waals surface area (Å²) in [6, 6.07) is 9.21. The Bertz CT molecular complexity index is 1670. The summed E-state index contributed by atoms with van der Waals surface area (Å²) in [7, 11) is 1.76. The van der Waals surface area contributed by atoms with E-state index in [1.165, 1.54) is 28.8 Å². The molecule has 0 aliphatic carbocycles. The maximum Gasteiger partial charge on any atom is 0.352 e. The molecule has 7 amide bonds. The van der Waals surface area contributed by atoms with E-state index in [0.29, 0.717) is 10.5 Å². The highest BCUT2D eigenvalue weighted by Gasteiger charge is 2.66. The van der Waals surface area contributed by atoms with Gasteiger partial charge in [0.25, 0.3) is 5.91 Å². The van der Waals surface area contributed by atoms with Crippen molar-refractivity contribution in [3.8, 4) is 0 Å². The number of aromatic nitrogens is 1. The molecule has 0 bridgehead atoms. The number of amides is 7. The van der Waals surface area contributed by atoms with Crippen LogP contribution >= 0.6 is 23.5 Å². The molecule has 1 aromatic carbocycles. The van der Waals surface area contributed by atoms with Gasteiger partial charge in [-0.05, 0) is 18.1 Å². The van der Waals surface area contributed by atoms with Gasteiger partial charge in [0, 0.05) is 48.2 Å². The number of imide groups is 1.